The molecule has 2 amide bonds. The molecule has 0 spiro atoms. The topological polar surface area (TPSA) is 119 Å². The molecule has 0 aromatic carbocycles. The van der Waals surface area contributed by atoms with Gasteiger partial charge >= 0.3 is 0 Å². The highest BCUT2D eigenvalue weighted by Gasteiger charge is 2.28. The van der Waals surface area contributed by atoms with Crippen LogP contribution >= 0.6 is 0 Å². The summed E-state index contributed by atoms with van der Waals surface area (Å²) in [7, 11) is 2.07. The van der Waals surface area contributed by atoms with E-state index in [4.69, 9.17) is 10.2 Å². The van der Waals surface area contributed by atoms with Crippen molar-refractivity contribution in [2.45, 2.75) is 52.4 Å². The van der Waals surface area contributed by atoms with Gasteiger partial charge in [-0.05, 0) is 45.2 Å². The number of likely N-dealkylation sites (N-methyl/N-ethyl adjacent to an activating group) is 1. The normalized spacial score (nSPS) is 18.6. The average molecular weight is 406 g/mol. The maximum absolute atomic E-state index is 12.7. The predicted octanol–water partition coefficient (Wildman–Crippen LogP) is 1.70. The van der Waals surface area contributed by atoms with Gasteiger partial charge in [0.25, 0.3) is 0 Å². The van der Waals surface area contributed by atoms with Crippen LogP contribution in [0.15, 0.2) is 4.42 Å². The number of nitrogens with zero attached hydrogens (tertiary/aromatic N) is 2. The van der Waals surface area contributed by atoms with Crippen molar-refractivity contribution in [2.75, 3.05) is 26.7 Å². The summed E-state index contributed by atoms with van der Waals surface area (Å²) in [6.07, 6.45) is 4.27. The first-order valence-electron chi connectivity index (χ1n) is 10.3. The highest BCUT2D eigenvalue weighted by atomic mass is 16.4. The minimum absolute atomic E-state index is 0.176. The van der Waals surface area contributed by atoms with Gasteiger partial charge in [-0.2, -0.15) is 0 Å². The first-order valence-corrected chi connectivity index (χ1v) is 10.3. The molecule has 2 atom stereocenters. The molecule has 8 heteroatoms. The van der Waals surface area contributed by atoms with E-state index < -0.39 is 17.7 Å². The third-order valence-electron chi connectivity index (χ3n) is 5.11. The summed E-state index contributed by atoms with van der Waals surface area (Å²) in [6.45, 7) is 7.51. The molecular formula is C21H33N4O4. The van der Waals surface area contributed by atoms with E-state index >= 15 is 0 Å². The summed E-state index contributed by atoms with van der Waals surface area (Å²) >= 11 is 0. The number of hydrogen-bond acceptors (Lipinski definition) is 6. The molecule has 2 unspecified atom stereocenters. The second-order valence-electron chi connectivity index (χ2n) is 8.41. The summed E-state index contributed by atoms with van der Waals surface area (Å²) in [5.74, 6) is -0.244. The number of amides is 2. The van der Waals surface area contributed by atoms with Crippen molar-refractivity contribution in [2.24, 2.45) is 17.6 Å². The van der Waals surface area contributed by atoms with E-state index in [0.717, 1.165) is 25.9 Å². The SMILES string of the molecule is CC(C)Cc1nc(C2CCCN(C)C2)oc1C(=O)CNC(=O)[CH]CC(C)C(N)=O. The number of likely N-dealkylation sites (tertiary alicyclic amines) is 1. The Hall–Kier alpha value is -2.22. The molecule has 3 N–H and O–H groups in total. The van der Waals surface area contributed by atoms with E-state index in [2.05, 4.69) is 36.1 Å². The van der Waals surface area contributed by atoms with Gasteiger partial charge < -0.3 is 20.4 Å². The number of Topliss-reactive ketones (excluding diaryl/α,β-unsaturated/α-hetero) is 1. The maximum atomic E-state index is 12.7. The Bertz CT molecular complexity index is 728. The van der Waals surface area contributed by atoms with Gasteiger partial charge in [0, 0.05) is 18.4 Å². The Morgan fingerprint density at radius 1 is 1.34 bits per heavy atom. The number of primary amides is 1. The molecule has 0 bridgehead atoms. The van der Waals surface area contributed by atoms with Crippen molar-refractivity contribution in [1.29, 1.82) is 0 Å². The van der Waals surface area contributed by atoms with E-state index in [0.29, 0.717) is 23.9 Å². The summed E-state index contributed by atoms with van der Waals surface area (Å²) in [6, 6.07) is 0. The van der Waals surface area contributed by atoms with Crippen LogP contribution in [0, 0.1) is 18.3 Å². The number of piperidine rings is 1. The van der Waals surface area contributed by atoms with Crippen LogP contribution in [0.4, 0.5) is 0 Å². The number of nitrogens with two attached hydrogens (primary N) is 1. The number of aromatic nitrogens is 1. The second-order valence-corrected chi connectivity index (χ2v) is 8.41. The minimum Gasteiger partial charge on any atom is -0.437 e. The number of nitrogens with one attached hydrogen (secondary N) is 1. The Morgan fingerprint density at radius 2 is 2.07 bits per heavy atom. The highest BCUT2D eigenvalue weighted by molar-refractivity contribution is 5.99. The van der Waals surface area contributed by atoms with Crippen LogP contribution in [0.1, 0.15) is 68.1 Å². The van der Waals surface area contributed by atoms with Crippen LogP contribution in [-0.2, 0) is 16.0 Å². The fourth-order valence-corrected chi connectivity index (χ4v) is 3.38. The lowest BCUT2D eigenvalue weighted by Gasteiger charge is -2.27. The van der Waals surface area contributed by atoms with Crippen LogP contribution in [0.5, 0.6) is 0 Å². The van der Waals surface area contributed by atoms with Crippen molar-refractivity contribution >= 4 is 17.6 Å². The van der Waals surface area contributed by atoms with E-state index in [9.17, 15) is 14.4 Å². The molecule has 1 aromatic rings. The lowest BCUT2D eigenvalue weighted by molar-refractivity contribution is -0.121. The second kappa shape index (κ2) is 10.5. The van der Waals surface area contributed by atoms with Gasteiger partial charge in [0.05, 0.1) is 18.7 Å². The van der Waals surface area contributed by atoms with Crippen LogP contribution in [0.2, 0.25) is 0 Å². The van der Waals surface area contributed by atoms with Gasteiger partial charge in [0.2, 0.25) is 17.6 Å². The van der Waals surface area contributed by atoms with Crippen molar-refractivity contribution in [1.82, 2.24) is 15.2 Å². The molecule has 1 fully saturated rings. The van der Waals surface area contributed by atoms with E-state index in [1.807, 2.05) is 0 Å². The first-order chi connectivity index (χ1) is 13.7. The number of carbonyl (C=O) groups is 3. The molecule has 1 aliphatic heterocycles. The molecule has 2 heterocycles. The van der Waals surface area contributed by atoms with Gasteiger partial charge in [0.1, 0.15) is 0 Å². The van der Waals surface area contributed by atoms with Crippen molar-refractivity contribution in [3.05, 3.63) is 23.8 Å². The predicted molar refractivity (Wildman–Crippen MR) is 109 cm³/mol. The zero-order valence-electron chi connectivity index (χ0n) is 17.9. The number of rotatable bonds is 10. The average Bonchev–Trinajstić information content (AvgIpc) is 3.07. The molecule has 2 rings (SSSR count). The Kier molecular flexibility index (Phi) is 8.37. The lowest BCUT2D eigenvalue weighted by atomic mass is 9.98. The monoisotopic (exact) mass is 405 g/mol. The van der Waals surface area contributed by atoms with E-state index in [1.165, 1.54) is 6.42 Å². The standard InChI is InChI=1S/C21H33N4O4/c1-13(2)10-16-19(29-21(24-16)15-6-5-9-25(4)12-15)17(26)11-23-18(27)8-7-14(3)20(22)28/h8,13-15H,5-7,9-12H2,1-4H3,(H2,22,28)(H,23,27). The van der Waals surface area contributed by atoms with Crippen LogP contribution in [0.3, 0.4) is 0 Å². The lowest BCUT2D eigenvalue weighted by Crippen LogP contribution is -2.31. The van der Waals surface area contributed by atoms with Crippen LogP contribution in [-0.4, -0.2) is 54.2 Å². The third-order valence-corrected chi connectivity index (χ3v) is 5.11. The minimum atomic E-state index is -0.467. The maximum Gasteiger partial charge on any atom is 0.224 e. The molecular weight excluding hydrogens is 372 g/mol. The van der Waals surface area contributed by atoms with Crippen LogP contribution in [0.25, 0.3) is 0 Å². The van der Waals surface area contributed by atoms with Crippen molar-refractivity contribution in [3.63, 3.8) is 0 Å². The van der Waals surface area contributed by atoms with Gasteiger partial charge in [-0.15, -0.1) is 0 Å². The fraction of sp³-hybridized carbons (Fsp3) is 0.667. The summed E-state index contributed by atoms with van der Waals surface area (Å²) in [4.78, 5) is 42.6. The van der Waals surface area contributed by atoms with Gasteiger partial charge in [-0.3, -0.25) is 14.4 Å². The molecule has 1 aliphatic rings. The molecule has 1 saturated heterocycles. The summed E-state index contributed by atoms with van der Waals surface area (Å²) < 4.78 is 5.92. The number of carbonyl (C=O) groups excluding carboxylic acids is 3. The van der Waals surface area contributed by atoms with Gasteiger partial charge in [-0.25, -0.2) is 4.98 Å². The number of hydrogen-bond donors (Lipinski definition) is 2. The zero-order valence-corrected chi connectivity index (χ0v) is 17.9. The molecule has 161 valence electrons. The Balaban J connectivity index is 2.01. The summed E-state index contributed by atoms with van der Waals surface area (Å²) in [5, 5.41) is 2.56. The van der Waals surface area contributed by atoms with Crippen molar-refractivity contribution < 1.29 is 18.8 Å². The van der Waals surface area contributed by atoms with E-state index in [1.54, 1.807) is 6.92 Å². The van der Waals surface area contributed by atoms with Gasteiger partial charge in [0.15, 0.2) is 11.7 Å². The van der Waals surface area contributed by atoms with Crippen LogP contribution < -0.4 is 11.1 Å². The smallest absolute Gasteiger partial charge is 0.224 e. The molecule has 0 aliphatic carbocycles. The molecule has 0 saturated carbocycles. The highest BCUT2D eigenvalue weighted by Crippen LogP contribution is 2.28. The molecule has 1 aromatic heterocycles. The fourth-order valence-electron chi connectivity index (χ4n) is 3.38. The van der Waals surface area contributed by atoms with E-state index in [-0.39, 0.29) is 30.4 Å². The zero-order chi connectivity index (χ0) is 21.6. The van der Waals surface area contributed by atoms with Crippen molar-refractivity contribution in [3.8, 4) is 0 Å². The quantitative estimate of drug-likeness (QED) is 0.572. The van der Waals surface area contributed by atoms with Gasteiger partial charge in [-0.1, -0.05) is 20.8 Å². The summed E-state index contributed by atoms with van der Waals surface area (Å²) in [5.41, 5.74) is 5.84. The third kappa shape index (κ3) is 6.96. The molecule has 1 radical (unpaired) electrons. The number of oxazole rings is 1. The molecule has 29 heavy (non-hydrogen) atoms. The Morgan fingerprint density at radius 3 is 2.69 bits per heavy atom. The largest absolute Gasteiger partial charge is 0.437 e. The molecule has 8 nitrogen and oxygen atoms in total. The first kappa shape index (κ1) is 23.1. The number of ketones is 1. The Labute approximate surface area is 172 Å².